The number of ether oxygens (including phenoxy) is 1. The van der Waals surface area contributed by atoms with Gasteiger partial charge in [0.25, 0.3) is 5.91 Å². The van der Waals surface area contributed by atoms with Crippen molar-refractivity contribution in [1.29, 1.82) is 0 Å². The van der Waals surface area contributed by atoms with E-state index in [4.69, 9.17) is 4.74 Å². The second kappa shape index (κ2) is 17.5. The van der Waals surface area contributed by atoms with Crippen LogP contribution in [0, 0.1) is 0 Å². The molecule has 220 valence electrons. The molecule has 0 radical (unpaired) electrons. The van der Waals surface area contributed by atoms with Crippen LogP contribution in [0.25, 0.3) is 0 Å². The van der Waals surface area contributed by atoms with Gasteiger partial charge in [-0.05, 0) is 50.7 Å². The van der Waals surface area contributed by atoms with Crippen LogP contribution in [-0.4, -0.2) is 41.4 Å². The Morgan fingerprint density at radius 1 is 0.950 bits per heavy atom. The molecule has 1 saturated heterocycles. The Morgan fingerprint density at radius 3 is 2.27 bits per heavy atom. The van der Waals surface area contributed by atoms with Gasteiger partial charge in [-0.3, -0.25) is 25.0 Å². The van der Waals surface area contributed by atoms with Gasteiger partial charge in [0.1, 0.15) is 6.04 Å². The molecule has 8 heteroatoms. The lowest BCUT2D eigenvalue weighted by Gasteiger charge is -2.29. The number of fused-ring (bicyclic) bond motifs is 1. The van der Waals surface area contributed by atoms with Gasteiger partial charge in [0.05, 0.1) is 6.61 Å². The molecule has 0 aromatic heterocycles. The molecule has 1 unspecified atom stereocenters. The maximum atomic E-state index is 12.9. The van der Waals surface area contributed by atoms with Gasteiger partial charge in [0.15, 0.2) is 0 Å². The number of rotatable bonds is 18. The number of hydrogen-bond acceptors (Lipinski definition) is 5. The van der Waals surface area contributed by atoms with Gasteiger partial charge < -0.3 is 9.64 Å². The molecule has 4 amide bonds. The summed E-state index contributed by atoms with van der Waals surface area (Å²) in [5, 5.41) is 5.06. The maximum absolute atomic E-state index is 12.9. The Hall–Kier alpha value is -3.16. The fourth-order valence-corrected chi connectivity index (χ4v) is 5.36. The lowest BCUT2D eigenvalue weighted by atomic mass is 10.0. The Labute approximate surface area is 239 Å². The summed E-state index contributed by atoms with van der Waals surface area (Å²) in [7, 11) is 0. The predicted molar refractivity (Wildman–Crippen MR) is 157 cm³/mol. The van der Waals surface area contributed by atoms with Crippen molar-refractivity contribution in [3.8, 4) is 0 Å². The van der Waals surface area contributed by atoms with E-state index in [0.29, 0.717) is 29.8 Å². The Balaban J connectivity index is 1.24. The van der Waals surface area contributed by atoms with E-state index in [-0.39, 0.29) is 24.8 Å². The summed E-state index contributed by atoms with van der Waals surface area (Å²) in [5.41, 5.74) is 1.62. The molecule has 2 N–H and O–H groups in total. The highest BCUT2D eigenvalue weighted by atomic mass is 16.5. The van der Waals surface area contributed by atoms with E-state index < -0.39 is 18.0 Å². The highest BCUT2D eigenvalue weighted by Crippen LogP contribution is 2.32. The largest absolute Gasteiger partial charge is 0.449 e. The van der Waals surface area contributed by atoms with E-state index in [1.165, 1.54) is 75.5 Å². The van der Waals surface area contributed by atoms with Crippen molar-refractivity contribution in [3.05, 3.63) is 41.5 Å². The smallest absolute Gasteiger partial charge is 0.411 e. The molecule has 0 aliphatic carbocycles. The topological polar surface area (TPSA) is 105 Å². The van der Waals surface area contributed by atoms with Gasteiger partial charge in [-0.15, -0.1) is 0 Å². The lowest BCUT2D eigenvalue weighted by molar-refractivity contribution is -0.136. The summed E-state index contributed by atoms with van der Waals surface area (Å²) in [6.45, 7) is 2.81. The van der Waals surface area contributed by atoms with Crippen LogP contribution in [0.4, 0.5) is 10.5 Å². The molecular weight excluding hydrogens is 506 g/mol. The molecule has 0 saturated carbocycles. The van der Waals surface area contributed by atoms with Crippen molar-refractivity contribution in [2.24, 2.45) is 0 Å². The van der Waals surface area contributed by atoms with E-state index in [0.717, 1.165) is 19.3 Å². The number of nitrogens with one attached hydrogen (secondary N) is 2. The van der Waals surface area contributed by atoms with Crippen molar-refractivity contribution in [1.82, 2.24) is 10.2 Å². The van der Waals surface area contributed by atoms with Gasteiger partial charge in [-0.25, -0.2) is 4.79 Å². The van der Waals surface area contributed by atoms with Crippen LogP contribution in [0.5, 0.6) is 0 Å². The number of benzene rings is 1. The first-order chi connectivity index (χ1) is 19.5. The highest BCUT2D eigenvalue weighted by Gasteiger charge is 2.40. The molecular formula is C32H47N3O5. The number of amides is 4. The number of imide groups is 1. The van der Waals surface area contributed by atoms with E-state index in [1.807, 2.05) is 0 Å². The quantitative estimate of drug-likeness (QED) is 0.115. The number of carbonyl (C=O) groups excluding carboxylic acids is 4. The third-order valence-electron chi connectivity index (χ3n) is 7.71. The summed E-state index contributed by atoms with van der Waals surface area (Å²) in [4.78, 5) is 50.5. The molecule has 2 heterocycles. The molecule has 40 heavy (non-hydrogen) atoms. The number of anilines is 1. The zero-order valence-corrected chi connectivity index (χ0v) is 24.2. The lowest BCUT2D eigenvalue weighted by Crippen LogP contribution is -2.52. The summed E-state index contributed by atoms with van der Waals surface area (Å²) < 4.78 is 5.36. The van der Waals surface area contributed by atoms with Gasteiger partial charge in [-0.1, -0.05) is 82.9 Å². The second-order valence-electron chi connectivity index (χ2n) is 10.9. The van der Waals surface area contributed by atoms with Crippen LogP contribution in [-0.2, 0) is 20.9 Å². The Morgan fingerprint density at radius 2 is 1.60 bits per heavy atom. The zero-order chi connectivity index (χ0) is 28.6. The van der Waals surface area contributed by atoms with Crippen molar-refractivity contribution in [2.75, 3.05) is 11.9 Å². The number of hydrogen-bond donors (Lipinski definition) is 2. The highest BCUT2D eigenvalue weighted by molar-refractivity contribution is 6.06. The van der Waals surface area contributed by atoms with Gasteiger partial charge in [0.2, 0.25) is 11.8 Å². The summed E-state index contributed by atoms with van der Waals surface area (Å²) in [6.07, 6.45) is 21.8. The fraction of sp³-hybridized carbons (Fsp3) is 0.625. The van der Waals surface area contributed by atoms with Gasteiger partial charge in [0, 0.05) is 29.8 Å². The van der Waals surface area contributed by atoms with Crippen molar-refractivity contribution < 1.29 is 23.9 Å². The number of allylic oxidation sites excluding steroid dienone is 2. The van der Waals surface area contributed by atoms with Crippen molar-refractivity contribution in [2.45, 2.75) is 122 Å². The van der Waals surface area contributed by atoms with Crippen LogP contribution in [0.2, 0.25) is 0 Å². The average molecular weight is 554 g/mol. The molecule has 1 aromatic carbocycles. The van der Waals surface area contributed by atoms with Crippen molar-refractivity contribution >= 4 is 29.5 Å². The minimum atomic E-state index is -0.691. The average Bonchev–Trinajstić information content (AvgIpc) is 3.27. The molecule has 3 rings (SSSR count). The SMILES string of the molecule is CCCCCCCC/C=C/CCCCCCCCOC(=O)Nc1cccc2c1CN(C1CCC(=O)NC1=O)C2=O. The Kier molecular flexibility index (Phi) is 13.7. The third kappa shape index (κ3) is 10.1. The van der Waals surface area contributed by atoms with Crippen LogP contribution in [0.1, 0.15) is 126 Å². The van der Waals surface area contributed by atoms with E-state index >= 15 is 0 Å². The molecule has 1 aromatic rings. The van der Waals surface area contributed by atoms with Crippen LogP contribution < -0.4 is 10.6 Å². The summed E-state index contributed by atoms with van der Waals surface area (Å²) >= 11 is 0. The fourth-order valence-electron chi connectivity index (χ4n) is 5.36. The second-order valence-corrected chi connectivity index (χ2v) is 10.9. The Bertz CT molecular complexity index is 1020. The first-order valence-electron chi connectivity index (χ1n) is 15.4. The molecule has 1 atom stereocenters. The molecule has 0 bridgehead atoms. The van der Waals surface area contributed by atoms with E-state index in [2.05, 4.69) is 29.7 Å². The first-order valence-corrected chi connectivity index (χ1v) is 15.4. The third-order valence-corrected chi connectivity index (χ3v) is 7.71. The normalized spacial score (nSPS) is 16.9. The van der Waals surface area contributed by atoms with Crippen LogP contribution in [0.3, 0.4) is 0 Å². The summed E-state index contributed by atoms with van der Waals surface area (Å²) in [5.74, 6) is -1.05. The van der Waals surface area contributed by atoms with Crippen LogP contribution >= 0.6 is 0 Å². The monoisotopic (exact) mass is 553 g/mol. The number of carbonyl (C=O) groups is 4. The van der Waals surface area contributed by atoms with Crippen molar-refractivity contribution in [3.63, 3.8) is 0 Å². The summed E-state index contributed by atoms with van der Waals surface area (Å²) in [6, 6.07) is 4.42. The standard InChI is InChI=1S/C32H47N3O5/c1-2-3-4-5-6-7-8-9-10-11-12-13-14-15-16-17-23-40-32(39)33-27-20-18-19-25-26(27)24-35(31(25)38)28-21-22-29(36)34-30(28)37/h9-10,18-20,28H,2-8,11-17,21-24H2,1H3,(H,33,39)(H,34,36,37)/b10-9+. The van der Waals surface area contributed by atoms with E-state index in [1.54, 1.807) is 18.2 Å². The number of nitrogens with zero attached hydrogens (tertiary/aromatic N) is 1. The first kappa shape index (κ1) is 31.4. The zero-order valence-electron chi connectivity index (χ0n) is 24.2. The maximum Gasteiger partial charge on any atom is 0.411 e. The molecule has 1 fully saturated rings. The number of piperidine rings is 1. The minimum Gasteiger partial charge on any atom is -0.449 e. The number of unbranched alkanes of at least 4 members (excludes halogenated alkanes) is 12. The van der Waals surface area contributed by atoms with E-state index in [9.17, 15) is 19.2 Å². The van der Waals surface area contributed by atoms with Crippen LogP contribution in [0.15, 0.2) is 30.4 Å². The molecule has 2 aliphatic heterocycles. The van der Waals surface area contributed by atoms with Gasteiger partial charge in [-0.2, -0.15) is 0 Å². The van der Waals surface area contributed by atoms with Gasteiger partial charge >= 0.3 is 6.09 Å². The molecule has 0 spiro atoms. The molecule has 8 nitrogen and oxygen atoms in total. The minimum absolute atomic E-state index is 0.199. The molecule has 2 aliphatic rings. The predicted octanol–water partition coefficient (Wildman–Crippen LogP) is 7.03.